The first-order valence-electron chi connectivity index (χ1n) is 5.62. The third-order valence-corrected chi connectivity index (χ3v) is 3.78. The monoisotopic (exact) mass is 258 g/mol. The Labute approximate surface area is 110 Å². The van der Waals surface area contributed by atoms with Crippen molar-refractivity contribution in [3.8, 4) is 6.07 Å². The number of nitriles is 1. The molecule has 0 aliphatic rings. The minimum atomic E-state index is -0.212. The van der Waals surface area contributed by atoms with Gasteiger partial charge in [-0.2, -0.15) is 5.26 Å². The van der Waals surface area contributed by atoms with E-state index >= 15 is 0 Å². The van der Waals surface area contributed by atoms with E-state index in [9.17, 15) is 0 Å². The zero-order valence-corrected chi connectivity index (χ0v) is 11.2. The summed E-state index contributed by atoms with van der Waals surface area (Å²) >= 11 is 1.62. The van der Waals surface area contributed by atoms with Crippen molar-refractivity contribution in [1.82, 2.24) is 15.3 Å². The lowest BCUT2D eigenvalue weighted by Crippen LogP contribution is -2.36. The van der Waals surface area contributed by atoms with Crippen molar-refractivity contribution in [2.24, 2.45) is 0 Å². The van der Waals surface area contributed by atoms with E-state index in [-0.39, 0.29) is 5.54 Å². The summed E-state index contributed by atoms with van der Waals surface area (Å²) in [5, 5.41) is 15.4. The second kappa shape index (κ2) is 5.25. The van der Waals surface area contributed by atoms with Crippen LogP contribution in [-0.2, 0) is 12.1 Å². The Kier molecular flexibility index (Phi) is 3.70. The Morgan fingerprint density at radius 3 is 2.89 bits per heavy atom. The molecule has 0 unspecified atom stereocenters. The van der Waals surface area contributed by atoms with Crippen LogP contribution in [0.3, 0.4) is 0 Å². The van der Waals surface area contributed by atoms with Crippen LogP contribution in [0.25, 0.3) is 0 Å². The number of pyridine rings is 1. The molecule has 0 aliphatic heterocycles. The van der Waals surface area contributed by atoms with Crippen molar-refractivity contribution in [2.45, 2.75) is 25.9 Å². The van der Waals surface area contributed by atoms with Crippen LogP contribution in [0.15, 0.2) is 29.9 Å². The molecule has 2 aromatic rings. The van der Waals surface area contributed by atoms with Crippen molar-refractivity contribution < 1.29 is 0 Å². The quantitative estimate of drug-likeness (QED) is 0.915. The molecule has 0 fully saturated rings. The molecule has 4 nitrogen and oxygen atoms in total. The van der Waals surface area contributed by atoms with Crippen LogP contribution in [0.5, 0.6) is 0 Å². The van der Waals surface area contributed by atoms with Crippen LogP contribution >= 0.6 is 11.3 Å². The molecule has 0 saturated carbocycles. The van der Waals surface area contributed by atoms with Gasteiger partial charge in [0.05, 0.1) is 5.54 Å². The second-order valence-corrected chi connectivity index (χ2v) is 5.33. The predicted octanol–water partition coefficient (Wildman–Crippen LogP) is 2.43. The second-order valence-electron chi connectivity index (χ2n) is 4.44. The number of hydrogen-bond acceptors (Lipinski definition) is 5. The van der Waals surface area contributed by atoms with Crippen LogP contribution in [0, 0.1) is 11.3 Å². The van der Waals surface area contributed by atoms with Crippen LogP contribution in [0.4, 0.5) is 0 Å². The van der Waals surface area contributed by atoms with Gasteiger partial charge in [0.25, 0.3) is 0 Å². The SMILES string of the molecule is CC(C)(NCc1cccnc1C#N)c1nccs1. The first kappa shape index (κ1) is 12.7. The summed E-state index contributed by atoms with van der Waals surface area (Å²) in [6.45, 7) is 4.76. The molecule has 0 amide bonds. The van der Waals surface area contributed by atoms with E-state index in [1.807, 2.05) is 17.5 Å². The van der Waals surface area contributed by atoms with Crippen LogP contribution in [-0.4, -0.2) is 9.97 Å². The highest BCUT2D eigenvalue weighted by atomic mass is 32.1. The fourth-order valence-corrected chi connectivity index (χ4v) is 2.34. The van der Waals surface area contributed by atoms with Gasteiger partial charge in [-0.05, 0) is 19.9 Å². The fraction of sp³-hybridized carbons (Fsp3) is 0.308. The average molecular weight is 258 g/mol. The summed E-state index contributed by atoms with van der Waals surface area (Å²) in [5.74, 6) is 0. The maximum Gasteiger partial charge on any atom is 0.144 e. The molecule has 0 atom stereocenters. The molecule has 0 aliphatic carbocycles. The molecule has 2 heterocycles. The molecule has 2 rings (SSSR count). The number of nitrogens with zero attached hydrogens (tertiary/aromatic N) is 3. The maximum atomic E-state index is 8.98. The van der Waals surface area contributed by atoms with E-state index in [0.717, 1.165) is 10.6 Å². The summed E-state index contributed by atoms with van der Waals surface area (Å²) in [6, 6.07) is 5.86. The molecule has 0 spiro atoms. The summed E-state index contributed by atoms with van der Waals surface area (Å²) in [6.07, 6.45) is 3.43. The molecule has 2 aromatic heterocycles. The largest absolute Gasteiger partial charge is 0.302 e. The van der Waals surface area contributed by atoms with Crippen molar-refractivity contribution in [3.63, 3.8) is 0 Å². The lowest BCUT2D eigenvalue weighted by Gasteiger charge is -2.24. The smallest absolute Gasteiger partial charge is 0.144 e. The first-order valence-corrected chi connectivity index (χ1v) is 6.50. The van der Waals surface area contributed by atoms with Gasteiger partial charge in [-0.15, -0.1) is 11.3 Å². The van der Waals surface area contributed by atoms with Gasteiger partial charge < -0.3 is 5.32 Å². The molecule has 0 bridgehead atoms. The molecule has 92 valence electrons. The topological polar surface area (TPSA) is 61.6 Å². The van der Waals surface area contributed by atoms with E-state index < -0.39 is 0 Å². The van der Waals surface area contributed by atoms with Crippen molar-refractivity contribution >= 4 is 11.3 Å². The van der Waals surface area contributed by atoms with Gasteiger partial charge in [0.1, 0.15) is 16.8 Å². The van der Waals surface area contributed by atoms with E-state index in [2.05, 4.69) is 35.2 Å². The normalized spacial score (nSPS) is 11.2. The summed E-state index contributed by atoms with van der Waals surface area (Å²) in [5.41, 5.74) is 1.17. The van der Waals surface area contributed by atoms with Crippen molar-refractivity contribution in [3.05, 3.63) is 46.2 Å². The van der Waals surface area contributed by atoms with Gasteiger partial charge in [0.2, 0.25) is 0 Å². The standard InChI is InChI=1S/C13H14N4S/c1-13(2,12-16-6-7-18-12)17-9-10-4-3-5-15-11(10)8-14/h3-7,17H,9H2,1-2H3. The molecular weight excluding hydrogens is 244 g/mol. The summed E-state index contributed by atoms with van der Waals surface area (Å²) in [4.78, 5) is 8.36. The van der Waals surface area contributed by atoms with Gasteiger partial charge in [0, 0.05) is 29.9 Å². The van der Waals surface area contributed by atoms with Crippen LogP contribution < -0.4 is 5.32 Å². The molecule has 18 heavy (non-hydrogen) atoms. The zero-order chi connectivity index (χ0) is 13.0. The molecule has 1 N–H and O–H groups in total. The molecule has 0 aromatic carbocycles. The fourth-order valence-electron chi connectivity index (χ4n) is 1.61. The third-order valence-electron chi connectivity index (χ3n) is 2.68. The third kappa shape index (κ3) is 2.73. The Morgan fingerprint density at radius 1 is 1.39 bits per heavy atom. The van der Waals surface area contributed by atoms with Gasteiger partial charge >= 0.3 is 0 Å². The number of hydrogen-bond donors (Lipinski definition) is 1. The number of aromatic nitrogens is 2. The van der Waals surface area contributed by atoms with E-state index in [4.69, 9.17) is 5.26 Å². The van der Waals surface area contributed by atoms with E-state index in [0.29, 0.717) is 12.2 Å². The van der Waals surface area contributed by atoms with Crippen molar-refractivity contribution in [2.75, 3.05) is 0 Å². The number of thiazole rings is 1. The molecule has 5 heteroatoms. The lowest BCUT2D eigenvalue weighted by molar-refractivity contribution is 0.399. The predicted molar refractivity (Wildman–Crippen MR) is 70.9 cm³/mol. The van der Waals surface area contributed by atoms with Crippen LogP contribution in [0.2, 0.25) is 0 Å². The van der Waals surface area contributed by atoms with Gasteiger partial charge in [-0.3, -0.25) is 0 Å². The summed E-state index contributed by atoms with van der Waals surface area (Å²) in [7, 11) is 0. The highest BCUT2D eigenvalue weighted by Gasteiger charge is 2.22. The van der Waals surface area contributed by atoms with Gasteiger partial charge in [-0.25, -0.2) is 9.97 Å². The lowest BCUT2D eigenvalue weighted by atomic mass is 10.1. The molecule has 0 saturated heterocycles. The van der Waals surface area contributed by atoms with E-state index in [1.165, 1.54) is 0 Å². The highest BCUT2D eigenvalue weighted by molar-refractivity contribution is 7.09. The van der Waals surface area contributed by atoms with Gasteiger partial charge in [-0.1, -0.05) is 6.07 Å². The van der Waals surface area contributed by atoms with Crippen LogP contribution in [0.1, 0.15) is 30.1 Å². The Hall–Kier alpha value is -1.77. The maximum absolute atomic E-state index is 8.98. The Balaban J connectivity index is 2.10. The number of nitrogens with one attached hydrogen (secondary N) is 1. The summed E-state index contributed by atoms with van der Waals surface area (Å²) < 4.78 is 0. The number of rotatable bonds is 4. The minimum absolute atomic E-state index is 0.212. The minimum Gasteiger partial charge on any atom is -0.302 e. The van der Waals surface area contributed by atoms with Crippen molar-refractivity contribution in [1.29, 1.82) is 5.26 Å². The zero-order valence-electron chi connectivity index (χ0n) is 10.3. The first-order chi connectivity index (χ1) is 8.63. The molecular formula is C13H14N4S. The average Bonchev–Trinajstić information content (AvgIpc) is 2.91. The Morgan fingerprint density at radius 2 is 2.22 bits per heavy atom. The van der Waals surface area contributed by atoms with E-state index in [1.54, 1.807) is 23.7 Å². The highest BCUT2D eigenvalue weighted by Crippen LogP contribution is 2.22. The van der Waals surface area contributed by atoms with Gasteiger partial charge in [0.15, 0.2) is 0 Å². The Bertz CT molecular complexity index is 555. The molecule has 0 radical (unpaired) electrons.